The molecule has 0 saturated carbocycles. The maximum atomic E-state index is 13.1. The van der Waals surface area contributed by atoms with E-state index in [1.165, 1.54) is 4.68 Å². The normalized spacial score (nSPS) is 11.4. The number of para-hydroxylation sites is 1. The molecule has 3 aromatic carbocycles. The van der Waals surface area contributed by atoms with Crippen LogP contribution >= 0.6 is 11.3 Å². The minimum Gasteiger partial charge on any atom is -0.288 e. The fourth-order valence-corrected chi connectivity index (χ4v) is 3.81. The molecule has 140 valence electrons. The van der Waals surface area contributed by atoms with E-state index < -0.39 is 0 Å². The van der Waals surface area contributed by atoms with Crippen molar-refractivity contribution in [3.05, 3.63) is 94.7 Å². The predicted octanol–water partition coefficient (Wildman–Crippen LogP) is 5.86. The fraction of sp³-hybridized carbons (Fsp3) is 0. The molecular formula is C22H15N5OS. The maximum Gasteiger partial charge on any atom is 0.299 e. The summed E-state index contributed by atoms with van der Waals surface area (Å²) in [4.78, 5) is 17.4. The molecule has 0 bridgehead atoms. The summed E-state index contributed by atoms with van der Waals surface area (Å²) in [6.45, 7) is 0. The Balaban J connectivity index is 1.64. The number of hydrogen-bond acceptors (Lipinski definition) is 5. The lowest BCUT2D eigenvalue weighted by molar-refractivity contribution is 0.852. The lowest BCUT2D eigenvalue weighted by Crippen LogP contribution is -2.13. The standard InChI is InChI=1S/C22H15N5OS/c28-22-21(25-24-16-11-12-18-19(13-16)29-14-23-18)20(15-7-3-1-4-8-15)26-27(22)17-9-5-2-6-10-17/h1-14,26H. The van der Waals surface area contributed by atoms with Crippen LogP contribution < -0.4 is 5.56 Å². The smallest absolute Gasteiger partial charge is 0.288 e. The Kier molecular flexibility index (Phi) is 4.34. The van der Waals surface area contributed by atoms with Gasteiger partial charge in [0.05, 0.1) is 32.8 Å². The first-order chi connectivity index (χ1) is 14.3. The molecule has 0 fully saturated rings. The third-order valence-corrected chi connectivity index (χ3v) is 5.31. The van der Waals surface area contributed by atoms with Gasteiger partial charge in [-0.25, -0.2) is 9.67 Å². The summed E-state index contributed by atoms with van der Waals surface area (Å²) in [5.41, 5.74) is 5.64. The van der Waals surface area contributed by atoms with E-state index >= 15 is 0 Å². The number of nitrogens with one attached hydrogen (secondary N) is 1. The minimum atomic E-state index is -0.252. The Morgan fingerprint density at radius 1 is 0.897 bits per heavy atom. The van der Waals surface area contributed by atoms with Gasteiger partial charge >= 0.3 is 0 Å². The molecule has 1 N–H and O–H groups in total. The van der Waals surface area contributed by atoms with Crippen LogP contribution in [0, 0.1) is 0 Å². The summed E-state index contributed by atoms with van der Waals surface area (Å²) in [5, 5.41) is 11.9. The van der Waals surface area contributed by atoms with Crippen molar-refractivity contribution in [2.45, 2.75) is 0 Å². The van der Waals surface area contributed by atoms with Crippen LogP contribution in [0.3, 0.4) is 0 Å². The quantitative estimate of drug-likeness (QED) is 0.386. The van der Waals surface area contributed by atoms with E-state index in [2.05, 4.69) is 20.3 Å². The van der Waals surface area contributed by atoms with Crippen LogP contribution in [0.5, 0.6) is 0 Å². The first-order valence-corrected chi connectivity index (χ1v) is 9.88. The van der Waals surface area contributed by atoms with Gasteiger partial charge in [0.15, 0.2) is 5.69 Å². The van der Waals surface area contributed by atoms with E-state index in [9.17, 15) is 4.79 Å². The molecule has 0 aliphatic rings. The summed E-state index contributed by atoms with van der Waals surface area (Å²) in [5.74, 6) is 0. The molecule has 0 saturated heterocycles. The van der Waals surface area contributed by atoms with Gasteiger partial charge in [-0.15, -0.1) is 16.5 Å². The van der Waals surface area contributed by atoms with Gasteiger partial charge in [0.2, 0.25) is 0 Å². The number of aromatic nitrogens is 3. The van der Waals surface area contributed by atoms with Gasteiger partial charge in [-0.05, 0) is 30.3 Å². The van der Waals surface area contributed by atoms with Gasteiger partial charge in [0.25, 0.3) is 5.56 Å². The molecule has 0 unspecified atom stereocenters. The maximum absolute atomic E-state index is 13.1. The highest BCUT2D eigenvalue weighted by atomic mass is 32.1. The second-order valence-corrected chi connectivity index (χ2v) is 7.27. The summed E-state index contributed by atoms with van der Waals surface area (Å²) in [7, 11) is 0. The summed E-state index contributed by atoms with van der Waals surface area (Å²) >= 11 is 1.54. The van der Waals surface area contributed by atoms with Crippen LogP contribution in [0.4, 0.5) is 11.4 Å². The first kappa shape index (κ1) is 17.3. The molecule has 0 atom stereocenters. The molecule has 2 aromatic heterocycles. The molecule has 5 aromatic rings. The topological polar surface area (TPSA) is 75.4 Å². The molecular weight excluding hydrogens is 382 g/mol. The number of benzene rings is 3. The summed E-state index contributed by atoms with van der Waals surface area (Å²) in [6, 6.07) is 24.7. The zero-order chi connectivity index (χ0) is 19.6. The number of nitrogens with zero attached hydrogens (tertiary/aromatic N) is 4. The van der Waals surface area contributed by atoms with Crippen LogP contribution in [0.25, 0.3) is 27.2 Å². The van der Waals surface area contributed by atoms with E-state index in [1.807, 2.05) is 78.9 Å². The molecule has 0 radical (unpaired) electrons. The number of thiazole rings is 1. The van der Waals surface area contributed by atoms with E-state index in [-0.39, 0.29) is 11.2 Å². The van der Waals surface area contributed by atoms with Crippen molar-refractivity contribution in [1.82, 2.24) is 14.8 Å². The molecule has 0 aliphatic carbocycles. The fourth-order valence-electron chi connectivity index (χ4n) is 3.10. The Labute approximate surface area is 169 Å². The Bertz CT molecular complexity index is 1370. The second-order valence-electron chi connectivity index (χ2n) is 6.38. The lowest BCUT2D eigenvalue weighted by atomic mass is 10.1. The second kappa shape index (κ2) is 7.29. The molecule has 0 aliphatic heterocycles. The van der Waals surface area contributed by atoms with Gasteiger partial charge in [0, 0.05) is 5.56 Å². The van der Waals surface area contributed by atoms with E-state index in [0.29, 0.717) is 11.4 Å². The average molecular weight is 397 g/mol. The first-order valence-electron chi connectivity index (χ1n) is 9.00. The zero-order valence-corrected chi connectivity index (χ0v) is 16.0. The minimum absolute atomic E-state index is 0.252. The zero-order valence-electron chi connectivity index (χ0n) is 15.2. The molecule has 29 heavy (non-hydrogen) atoms. The lowest BCUT2D eigenvalue weighted by Gasteiger charge is -2.01. The third-order valence-electron chi connectivity index (χ3n) is 4.52. The highest BCUT2D eigenvalue weighted by Gasteiger charge is 2.16. The monoisotopic (exact) mass is 397 g/mol. The van der Waals surface area contributed by atoms with Crippen molar-refractivity contribution in [3.8, 4) is 16.9 Å². The largest absolute Gasteiger partial charge is 0.299 e. The predicted molar refractivity (Wildman–Crippen MR) is 116 cm³/mol. The van der Waals surface area contributed by atoms with E-state index in [4.69, 9.17) is 0 Å². The van der Waals surface area contributed by atoms with Gasteiger partial charge in [0.1, 0.15) is 0 Å². The molecule has 0 amide bonds. The molecule has 6 nitrogen and oxygen atoms in total. The van der Waals surface area contributed by atoms with Crippen LogP contribution in [-0.2, 0) is 0 Å². The Hall–Kier alpha value is -3.84. The highest BCUT2D eigenvalue weighted by Crippen LogP contribution is 2.29. The van der Waals surface area contributed by atoms with Crippen molar-refractivity contribution < 1.29 is 0 Å². The van der Waals surface area contributed by atoms with Crippen LogP contribution in [0.2, 0.25) is 0 Å². The summed E-state index contributed by atoms with van der Waals surface area (Å²) in [6.07, 6.45) is 0. The molecule has 5 rings (SSSR count). The summed E-state index contributed by atoms with van der Waals surface area (Å²) < 4.78 is 2.52. The average Bonchev–Trinajstić information content (AvgIpc) is 3.37. The number of hydrogen-bond donors (Lipinski definition) is 1. The van der Waals surface area contributed by atoms with Gasteiger partial charge in [-0.2, -0.15) is 5.11 Å². The number of fused-ring (bicyclic) bond motifs is 1. The van der Waals surface area contributed by atoms with Crippen LogP contribution in [0.15, 0.2) is 99.4 Å². The number of H-pyrrole nitrogens is 1. The Morgan fingerprint density at radius 3 is 2.45 bits per heavy atom. The van der Waals surface area contributed by atoms with Crippen molar-refractivity contribution in [3.63, 3.8) is 0 Å². The van der Waals surface area contributed by atoms with Crippen LogP contribution in [0.1, 0.15) is 0 Å². The van der Waals surface area contributed by atoms with E-state index in [0.717, 1.165) is 21.5 Å². The van der Waals surface area contributed by atoms with Gasteiger partial charge in [-0.3, -0.25) is 9.89 Å². The Morgan fingerprint density at radius 2 is 1.66 bits per heavy atom. The van der Waals surface area contributed by atoms with Crippen molar-refractivity contribution in [2.75, 3.05) is 0 Å². The number of azo groups is 1. The number of rotatable bonds is 4. The molecule has 0 spiro atoms. The molecule has 7 heteroatoms. The molecule has 2 heterocycles. The van der Waals surface area contributed by atoms with Gasteiger partial charge < -0.3 is 0 Å². The van der Waals surface area contributed by atoms with Crippen LogP contribution in [-0.4, -0.2) is 14.8 Å². The van der Waals surface area contributed by atoms with E-state index in [1.54, 1.807) is 16.8 Å². The van der Waals surface area contributed by atoms with Crippen molar-refractivity contribution in [1.29, 1.82) is 0 Å². The van der Waals surface area contributed by atoms with Crippen molar-refractivity contribution in [2.24, 2.45) is 10.2 Å². The van der Waals surface area contributed by atoms with Crippen molar-refractivity contribution >= 4 is 32.9 Å². The SMILES string of the molecule is O=c1c(N=Nc2ccc3ncsc3c2)c(-c2ccccc2)[nH]n1-c1ccccc1. The number of aromatic amines is 1. The highest BCUT2D eigenvalue weighted by molar-refractivity contribution is 7.16. The van der Waals surface area contributed by atoms with Gasteiger partial charge in [-0.1, -0.05) is 48.5 Å². The third kappa shape index (κ3) is 3.28.